The van der Waals surface area contributed by atoms with Crippen LogP contribution in [0.2, 0.25) is 0 Å². The first-order valence-corrected chi connectivity index (χ1v) is 7.44. The number of methoxy groups -OCH3 is 1. The molecule has 2 unspecified atom stereocenters. The number of benzene rings is 1. The minimum atomic E-state index is -0.231. The summed E-state index contributed by atoms with van der Waals surface area (Å²) in [5.74, 6) is 1.27. The second kappa shape index (κ2) is 6.43. The Morgan fingerprint density at radius 2 is 2.28 bits per heavy atom. The predicted molar refractivity (Wildman–Crippen MR) is 74.8 cm³/mol. The Kier molecular flexibility index (Phi) is 4.89. The average molecular weight is 269 g/mol. The maximum Gasteiger partial charge on any atom is 0.169 e. The van der Waals surface area contributed by atoms with Gasteiger partial charge in [0.15, 0.2) is 11.6 Å². The van der Waals surface area contributed by atoms with Crippen molar-refractivity contribution in [2.24, 2.45) is 0 Å². The monoisotopic (exact) mass is 269 g/mol. The van der Waals surface area contributed by atoms with E-state index in [2.05, 4.69) is 5.32 Å². The summed E-state index contributed by atoms with van der Waals surface area (Å²) >= 11 is 1.94. The fourth-order valence-corrected chi connectivity index (χ4v) is 3.98. The molecule has 100 valence electrons. The molecular formula is C14H20FNOS. The quantitative estimate of drug-likeness (QED) is 0.905. The Bertz CT molecular complexity index is 393. The van der Waals surface area contributed by atoms with E-state index in [4.69, 9.17) is 4.74 Å². The van der Waals surface area contributed by atoms with Gasteiger partial charge in [-0.25, -0.2) is 4.39 Å². The molecule has 0 aromatic heterocycles. The lowest BCUT2D eigenvalue weighted by Gasteiger charge is -2.30. The van der Waals surface area contributed by atoms with Crippen molar-refractivity contribution in [1.82, 2.24) is 5.32 Å². The molecule has 2 nitrogen and oxygen atoms in total. The van der Waals surface area contributed by atoms with E-state index in [0.717, 1.165) is 12.0 Å². The van der Waals surface area contributed by atoms with Crippen molar-refractivity contribution in [2.75, 3.05) is 19.9 Å². The summed E-state index contributed by atoms with van der Waals surface area (Å²) in [6, 6.07) is 5.44. The third-order valence-corrected chi connectivity index (χ3v) is 4.91. The van der Waals surface area contributed by atoms with Crippen molar-refractivity contribution in [1.29, 1.82) is 0 Å². The fraction of sp³-hybridized carbons (Fsp3) is 0.571. The first-order chi connectivity index (χ1) is 8.77. The number of thioether (sulfide) groups is 1. The maximum absolute atomic E-state index is 14.3. The van der Waals surface area contributed by atoms with Crippen molar-refractivity contribution in [3.63, 3.8) is 0 Å². The molecule has 1 saturated heterocycles. The third kappa shape index (κ3) is 2.81. The molecule has 0 saturated carbocycles. The Labute approximate surface area is 112 Å². The normalized spacial score (nSPS) is 21.6. The molecule has 18 heavy (non-hydrogen) atoms. The Balaban J connectivity index is 2.26. The standard InChI is InChI=1S/C14H20FNOS/c1-16-14(12-8-3-4-9-18-12)10-6-5-7-11(17-2)13(10)15/h5-7,12,14,16H,3-4,8-9H2,1-2H3. The smallest absolute Gasteiger partial charge is 0.169 e. The van der Waals surface area contributed by atoms with E-state index in [-0.39, 0.29) is 11.9 Å². The molecule has 1 aromatic rings. The highest BCUT2D eigenvalue weighted by Gasteiger charge is 2.27. The highest BCUT2D eigenvalue weighted by Crippen LogP contribution is 2.36. The second-order valence-corrected chi connectivity index (χ2v) is 5.88. The van der Waals surface area contributed by atoms with Crippen LogP contribution < -0.4 is 10.1 Å². The van der Waals surface area contributed by atoms with Crippen molar-refractivity contribution in [2.45, 2.75) is 30.6 Å². The van der Waals surface area contributed by atoms with Crippen molar-refractivity contribution >= 4 is 11.8 Å². The molecule has 0 bridgehead atoms. The van der Waals surface area contributed by atoms with Crippen molar-refractivity contribution in [3.05, 3.63) is 29.6 Å². The number of ether oxygens (including phenoxy) is 1. The van der Waals surface area contributed by atoms with Gasteiger partial charge in [0.1, 0.15) is 0 Å². The van der Waals surface area contributed by atoms with E-state index in [0.29, 0.717) is 11.0 Å². The van der Waals surface area contributed by atoms with Crippen LogP contribution >= 0.6 is 11.8 Å². The van der Waals surface area contributed by atoms with E-state index < -0.39 is 0 Å². The Morgan fingerprint density at radius 1 is 1.44 bits per heavy atom. The van der Waals surface area contributed by atoms with Gasteiger partial charge in [0.25, 0.3) is 0 Å². The van der Waals surface area contributed by atoms with Crippen molar-refractivity contribution in [3.8, 4) is 5.75 Å². The summed E-state index contributed by atoms with van der Waals surface area (Å²) in [4.78, 5) is 0. The van der Waals surface area contributed by atoms with Crippen LogP contribution in [0.3, 0.4) is 0 Å². The number of nitrogens with one attached hydrogen (secondary N) is 1. The van der Waals surface area contributed by atoms with Crippen molar-refractivity contribution < 1.29 is 9.13 Å². The molecule has 1 aromatic carbocycles. The summed E-state index contributed by atoms with van der Waals surface area (Å²) in [6.45, 7) is 0. The first-order valence-electron chi connectivity index (χ1n) is 6.39. The zero-order valence-electron chi connectivity index (χ0n) is 10.9. The zero-order chi connectivity index (χ0) is 13.0. The molecule has 2 atom stereocenters. The summed E-state index contributed by atoms with van der Waals surface area (Å²) < 4.78 is 19.3. The van der Waals surface area contributed by atoms with Crippen LogP contribution in [0.1, 0.15) is 30.9 Å². The molecule has 1 aliphatic rings. The third-order valence-electron chi connectivity index (χ3n) is 3.45. The zero-order valence-corrected chi connectivity index (χ0v) is 11.7. The van der Waals surface area contributed by atoms with Gasteiger partial charge in [-0.3, -0.25) is 0 Å². The van der Waals surface area contributed by atoms with Gasteiger partial charge in [0.05, 0.1) is 7.11 Å². The molecule has 2 rings (SSSR count). The summed E-state index contributed by atoms with van der Waals surface area (Å²) in [7, 11) is 3.41. The summed E-state index contributed by atoms with van der Waals surface area (Å²) in [5, 5.41) is 3.71. The van der Waals surface area contributed by atoms with Crippen LogP contribution in [-0.4, -0.2) is 25.2 Å². The Hall–Kier alpha value is -0.740. The van der Waals surface area contributed by atoms with E-state index in [9.17, 15) is 4.39 Å². The molecule has 1 aliphatic heterocycles. The Morgan fingerprint density at radius 3 is 2.89 bits per heavy atom. The van der Waals surface area contributed by atoms with Crippen LogP contribution in [0.15, 0.2) is 18.2 Å². The largest absolute Gasteiger partial charge is 0.494 e. The predicted octanol–water partition coefficient (Wildman–Crippen LogP) is 3.38. The number of hydrogen-bond acceptors (Lipinski definition) is 3. The minimum Gasteiger partial charge on any atom is -0.494 e. The highest BCUT2D eigenvalue weighted by molar-refractivity contribution is 8.00. The van der Waals surface area contributed by atoms with E-state index in [1.165, 1.54) is 25.7 Å². The van der Waals surface area contributed by atoms with Crippen LogP contribution in [0.25, 0.3) is 0 Å². The van der Waals surface area contributed by atoms with Gasteiger partial charge in [0, 0.05) is 16.9 Å². The van der Waals surface area contributed by atoms with Gasteiger partial charge in [-0.2, -0.15) is 11.8 Å². The lowest BCUT2D eigenvalue weighted by molar-refractivity contribution is 0.379. The van der Waals surface area contributed by atoms with E-state index >= 15 is 0 Å². The molecule has 0 radical (unpaired) electrons. The SMILES string of the molecule is CNC(c1cccc(OC)c1F)C1CCCCS1. The first kappa shape index (κ1) is 13.7. The van der Waals surface area contributed by atoms with Gasteiger partial charge in [0.2, 0.25) is 0 Å². The van der Waals surface area contributed by atoms with Gasteiger partial charge < -0.3 is 10.1 Å². The highest BCUT2D eigenvalue weighted by atomic mass is 32.2. The molecular weight excluding hydrogens is 249 g/mol. The summed E-state index contributed by atoms with van der Waals surface area (Å²) in [5.41, 5.74) is 0.719. The number of hydrogen-bond donors (Lipinski definition) is 1. The average Bonchev–Trinajstić information content (AvgIpc) is 2.43. The van der Waals surface area contributed by atoms with Gasteiger partial charge >= 0.3 is 0 Å². The fourth-order valence-electron chi connectivity index (χ4n) is 2.50. The second-order valence-electron chi connectivity index (χ2n) is 4.53. The lowest BCUT2D eigenvalue weighted by atomic mass is 9.99. The van der Waals surface area contributed by atoms with Gasteiger partial charge in [-0.15, -0.1) is 0 Å². The van der Waals surface area contributed by atoms with Crippen LogP contribution in [0.5, 0.6) is 5.75 Å². The van der Waals surface area contributed by atoms with E-state index in [1.807, 2.05) is 30.9 Å². The molecule has 0 aliphatic carbocycles. The van der Waals surface area contributed by atoms with Gasteiger partial charge in [-0.1, -0.05) is 18.6 Å². The van der Waals surface area contributed by atoms with Crippen LogP contribution in [0, 0.1) is 5.82 Å². The van der Waals surface area contributed by atoms with E-state index in [1.54, 1.807) is 6.07 Å². The number of rotatable bonds is 4. The lowest BCUT2D eigenvalue weighted by Crippen LogP contribution is -2.30. The number of halogens is 1. The molecule has 0 spiro atoms. The van der Waals surface area contributed by atoms with Gasteiger partial charge in [-0.05, 0) is 31.7 Å². The van der Waals surface area contributed by atoms with Crippen LogP contribution in [0.4, 0.5) is 4.39 Å². The molecule has 1 N–H and O–H groups in total. The minimum absolute atomic E-state index is 0.0606. The summed E-state index contributed by atoms with van der Waals surface area (Å²) in [6.07, 6.45) is 3.66. The maximum atomic E-state index is 14.3. The van der Waals surface area contributed by atoms with Crippen LogP contribution in [-0.2, 0) is 0 Å². The molecule has 4 heteroatoms. The topological polar surface area (TPSA) is 21.3 Å². The molecule has 1 fully saturated rings. The molecule has 0 amide bonds. The molecule has 1 heterocycles.